The molecule has 0 saturated heterocycles. The van der Waals surface area contributed by atoms with Gasteiger partial charge < -0.3 is 5.73 Å². The zero-order chi connectivity index (χ0) is 14.8. The van der Waals surface area contributed by atoms with Crippen LogP contribution in [0.15, 0.2) is 36.4 Å². The Kier molecular flexibility index (Phi) is 3.81. The minimum absolute atomic E-state index is 0.278. The molecule has 0 aliphatic carbocycles. The number of nitrogens with zero attached hydrogens (tertiary/aromatic N) is 2. The lowest BCUT2D eigenvalue weighted by Gasteiger charge is -2.23. The molecule has 0 saturated carbocycles. The molecule has 0 aliphatic heterocycles. The molecular weight excluding hydrogens is 252 g/mol. The first-order chi connectivity index (χ1) is 9.39. The normalized spacial score (nSPS) is 13.6. The molecule has 1 atom stereocenters. The van der Waals surface area contributed by atoms with E-state index in [0.717, 1.165) is 17.0 Å². The van der Waals surface area contributed by atoms with Crippen LogP contribution >= 0.6 is 0 Å². The molecule has 2 aromatic rings. The van der Waals surface area contributed by atoms with Gasteiger partial charge in [-0.15, -0.1) is 0 Å². The number of hydrogen-bond donors (Lipinski definition) is 2. The highest BCUT2D eigenvalue weighted by Crippen LogP contribution is 2.19. The van der Waals surface area contributed by atoms with Crippen molar-refractivity contribution in [2.75, 3.05) is 5.32 Å². The van der Waals surface area contributed by atoms with Crippen molar-refractivity contribution >= 4 is 11.9 Å². The van der Waals surface area contributed by atoms with E-state index in [1.165, 1.54) is 0 Å². The maximum atomic E-state index is 12.3. The van der Waals surface area contributed by atoms with Crippen molar-refractivity contribution in [2.45, 2.75) is 26.3 Å². The number of benzene rings is 1. The van der Waals surface area contributed by atoms with Crippen LogP contribution in [-0.4, -0.2) is 15.9 Å². The van der Waals surface area contributed by atoms with E-state index in [1.54, 1.807) is 6.92 Å². The highest BCUT2D eigenvalue weighted by molar-refractivity contribution is 5.97. The van der Waals surface area contributed by atoms with Gasteiger partial charge in [-0.05, 0) is 32.4 Å². The van der Waals surface area contributed by atoms with Crippen LogP contribution in [0.5, 0.6) is 0 Å². The van der Waals surface area contributed by atoms with Crippen molar-refractivity contribution in [1.29, 1.82) is 0 Å². The maximum absolute atomic E-state index is 12.3. The largest absolute Gasteiger partial charge is 0.314 e. The standard InChI is InChI=1S/C15H18N4O/c1-10-9-11(2)18-14(17-10)19-13(20)15(3,16)12-7-5-4-6-8-12/h4-9H,16H2,1-3H3,(H,17,18,19,20). The molecule has 0 radical (unpaired) electrons. The number of amides is 1. The number of rotatable bonds is 3. The summed E-state index contributed by atoms with van der Waals surface area (Å²) in [6.45, 7) is 5.37. The van der Waals surface area contributed by atoms with Crippen molar-refractivity contribution in [3.8, 4) is 0 Å². The molecule has 104 valence electrons. The third-order valence-corrected chi connectivity index (χ3v) is 3.05. The number of carbonyl (C=O) groups is 1. The van der Waals surface area contributed by atoms with Gasteiger partial charge in [0.15, 0.2) is 0 Å². The molecule has 1 aromatic carbocycles. The Morgan fingerprint density at radius 3 is 2.25 bits per heavy atom. The molecule has 0 aliphatic rings. The second kappa shape index (κ2) is 5.38. The first-order valence-corrected chi connectivity index (χ1v) is 6.38. The van der Waals surface area contributed by atoms with Gasteiger partial charge >= 0.3 is 0 Å². The molecule has 0 bridgehead atoms. The molecule has 1 heterocycles. The van der Waals surface area contributed by atoms with E-state index in [9.17, 15) is 4.79 Å². The van der Waals surface area contributed by atoms with Crippen molar-refractivity contribution in [2.24, 2.45) is 5.73 Å². The average molecular weight is 270 g/mol. The number of hydrogen-bond acceptors (Lipinski definition) is 4. The summed E-state index contributed by atoms with van der Waals surface area (Å²) in [4.78, 5) is 20.7. The molecular formula is C15H18N4O. The predicted molar refractivity (Wildman–Crippen MR) is 78.1 cm³/mol. The molecule has 1 aromatic heterocycles. The Bertz CT molecular complexity index is 603. The average Bonchev–Trinajstić information content (AvgIpc) is 2.38. The number of nitrogens with one attached hydrogen (secondary N) is 1. The second-order valence-electron chi connectivity index (χ2n) is 5.00. The molecule has 5 heteroatoms. The second-order valence-corrected chi connectivity index (χ2v) is 5.00. The Balaban J connectivity index is 2.23. The van der Waals surface area contributed by atoms with Crippen LogP contribution in [0, 0.1) is 13.8 Å². The molecule has 5 nitrogen and oxygen atoms in total. The fourth-order valence-corrected chi connectivity index (χ4v) is 1.93. The molecule has 20 heavy (non-hydrogen) atoms. The number of aryl methyl sites for hydroxylation is 2. The topological polar surface area (TPSA) is 80.9 Å². The number of carbonyl (C=O) groups excluding carboxylic acids is 1. The van der Waals surface area contributed by atoms with Gasteiger partial charge in [-0.25, -0.2) is 9.97 Å². The van der Waals surface area contributed by atoms with Gasteiger partial charge in [0.05, 0.1) is 0 Å². The van der Waals surface area contributed by atoms with E-state index in [2.05, 4.69) is 15.3 Å². The monoisotopic (exact) mass is 270 g/mol. The molecule has 3 N–H and O–H groups in total. The summed E-state index contributed by atoms with van der Waals surface area (Å²) in [5, 5.41) is 2.68. The summed E-state index contributed by atoms with van der Waals surface area (Å²) in [6.07, 6.45) is 0. The van der Waals surface area contributed by atoms with Crippen LogP contribution in [0.4, 0.5) is 5.95 Å². The highest BCUT2D eigenvalue weighted by atomic mass is 16.2. The predicted octanol–water partition coefficient (Wildman–Crippen LogP) is 1.91. The highest BCUT2D eigenvalue weighted by Gasteiger charge is 2.30. The lowest BCUT2D eigenvalue weighted by Crippen LogP contribution is -2.45. The fraction of sp³-hybridized carbons (Fsp3) is 0.267. The lowest BCUT2D eigenvalue weighted by molar-refractivity contribution is -0.120. The van der Waals surface area contributed by atoms with Crippen LogP contribution < -0.4 is 11.1 Å². The minimum atomic E-state index is -1.14. The minimum Gasteiger partial charge on any atom is -0.314 e. The van der Waals surface area contributed by atoms with Crippen LogP contribution in [0.1, 0.15) is 23.9 Å². The third-order valence-electron chi connectivity index (χ3n) is 3.05. The summed E-state index contributed by atoms with van der Waals surface area (Å²) >= 11 is 0. The zero-order valence-electron chi connectivity index (χ0n) is 11.8. The van der Waals surface area contributed by atoms with Crippen molar-refractivity contribution in [3.05, 3.63) is 53.3 Å². The summed E-state index contributed by atoms with van der Waals surface area (Å²) in [6, 6.07) is 11.1. The van der Waals surface area contributed by atoms with E-state index in [4.69, 9.17) is 5.73 Å². The Hall–Kier alpha value is -2.27. The van der Waals surface area contributed by atoms with Gasteiger partial charge in [0.2, 0.25) is 5.95 Å². The summed E-state index contributed by atoms with van der Waals surface area (Å²) < 4.78 is 0. The number of nitrogens with two attached hydrogens (primary N) is 1. The fourth-order valence-electron chi connectivity index (χ4n) is 1.93. The van der Waals surface area contributed by atoms with Crippen molar-refractivity contribution in [1.82, 2.24) is 9.97 Å². The number of anilines is 1. The molecule has 1 amide bonds. The van der Waals surface area contributed by atoms with Crippen LogP contribution in [0.2, 0.25) is 0 Å². The molecule has 0 fully saturated rings. The third kappa shape index (κ3) is 3.00. The van der Waals surface area contributed by atoms with Gasteiger partial charge in [-0.2, -0.15) is 0 Å². The quantitative estimate of drug-likeness (QED) is 0.892. The zero-order valence-corrected chi connectivity index (χ0v) is 11.8. The molecule has 0 spiro atoms. The number of aromatic nitrogens is 2. The van der Waals surface area contributed by atoms with Gasteiger partial charge in [0.1, 0.15) is 5.54 Å². The van der Waals surface area contributed by atoms with Crippen LogP contribution in [-0.2, 0) is 10.3 Å². The smallest absolute Gasteiger partial charge is 0.251 e. The molecule has 2 rings (SSSR count). The van der Waals surface area contributed by atoms with Gasteiger partial charge in [-0.1, -0.05) is 30.3 Å². The summed E-state index contributed by atoms with van der Waals surface area (Å²) in [5.41, 5.74) is 7.33. The molecule has 1 unspecified atom stereocenters. The van der Waals surface area contributed by atoms with E-state index in [1.807, 2.05) is 50.2 Å². The lowest BCUT2D eigenvalue weighted by atomic mass is 9.92. The van der Waals surface area contributed by atoms with E-state index < -0.39 is 5.54 Å². The Morgan fingerprint density at radius 1 is 1.15 bits per heavy atom. The van der Waals surface area contributed by atoms with Gasteiger partial charge in [-0.3, -0.25) is 10.1 Å². The first kappa shape index (κ1) is 14.1. The van der Waals surface area contributed by atoms with Gasteiger partial charge in [0, 0.05) is 11.4 Å². The van der Waals surface area contributed by atoms with Crippen LogP contribution in [0.25, 0.3) is 0 Å². The van der Waals surface area contributed by atoms with Gasteiger partial charge in [0.25, 0.3) is 5.91 Å². The summed E-state index contributed by atoms with van der Waals surface area (Å²) in [5.74, 6) is -0.0613. The Morgan fingerprint density at radius 2 is 1.70 bits per heavy atom. The SMILES string of the molecule is Cc1cc(C)nc(NC(=O)C(C)(N)c2ccccc2)n1. The summed E-state index contributed by atoms with van der Waals surface area (Å²) in [7, 11) is 0. The van der Waals surface area contributed by atoms with Crippen molar-refractivity contribution < 1.29 is 4.79 Å². The van der Waals surface area contributed by atoms with Crippen molar-refractivity contribution in [3.63, 3.8) is 0 Å². The Labute approximate surface area is 118 Å². The van der Waals surface area contributed by atoms with E-state index in [0.29, 0.717) is 0 Å². The maximum Gasteiger partial charge on any atom is 0.251 e. The van der Waals surface area contributed by atoms with Crippen LogP contribution in [0.3, 0.4) is 0 Å². The van der Waals surface area contributed by atoms with E-state index in [-0.39, 0.29) is 11.9 Å². The van der Waals surface area contributed by atoms with E-state index >= 15 is 0 Å². The first-order valence-electron chi connectivity index (χ1n) is 6.38.